The maximum absolute atomic E-state index is 11.7. The number of nitrogens with one attached hydrogen (secondary N) is 2. The molecule has 6 N–H and O–H groups in total. The number of aromatic nitrogens is 1. The van der Waals surface area contributed by atoms with E-state index in [-0.39, 0.29) is 11.4 Å². The number of amides is 3. The van der Waals surface area contributed by atoms with Crippen LogP contribution in [-0.4, -0.2) is 46.4 Å². The molecule has 1 saturated heterocycles. The minimum Gasteiger partial charge on any atom is -0.365 e. The van der Waals surface area contributed by atoms with E-state index in [1.165, 1.54) is 0 Å². The molecule has 0 unspecified atom stereocenters. The average Bonchev–Trinajstić information content (AvgIpc) is 2.84. The van der Waals surface area contributed by atoms with Gasteiger partial charge in [-0.15, -0.1) is 0 Å². The number of benzene rings is 1. The van der Waals surface area contributed by atoms with Gasteiger partial charge in [0.1, 0.15) is 5.82 Å². The van der Waals surface area contributed by atoms with Crippen molar-refractivity contribution in [2.45, 2.75) is 6.54 Å². The van der Waals surface area contributed by atoms with Gasteiger partial charge in [0.15, 0.2) is 0 Å². The number of anilines is 1. The molecule has 2 aromatic rings. The van der Waals surface area contributed by atoms with E-state index < -0.39 is 11.9 Å². The minimum atomic E-state index is -0.745. The summed E-state index contributed by atoms with van der Waals surface area (Å²) in [6.07, 6.45) is 0. The number of fused-ring (bicyclic) bond motifs is 1. The highest BCUT2D eigenvalue weighted by atomic mass is 32.2. The molecule has 2 heterocycles. The first-order valence-electron chi connectivity index (χ1n) is 7.35. The minimum absolute atomic E-state index is 0.242. The van der Waals surface area contributed by atoms with Gasteiger partial charge in [-0.3, -0.25) is 15.0 Å². The third-order valence-corrected chi connectivity index (χ3v) is 4.81. The quantitative estimate of drug-likeness (QED) is 0.674. The number of carbonyl (C=O) groups is 2. The second kappa shape index (κ2) is 6.51. The Labute approximate surface area is 137 Å². The van der Waals surface area contributed by atoms with Gasteiger partial charge in [-0.2, -0.15) is 11.8 Å². The molecule has 0 saturated carbocycles. The van der Waals surface area contributed by atoms with Gasteiger partial charge in [0.05, 0.1) is 5.56 Å². The fourth-order valence-electron chi connectivity index (χ4n) is 2.83. The predicted octanol–water partition coefficient (Wildman–Crippen LogP) is 1.31. The Kier molecular flexibility index (Phi) is 4.44. The first kappa shape index (κ1) is 15.7. The van der Waals surface area contributed by atoms with Crippen molar-refractivity contribution < 1.29 is 9.59 Å². The SMILES string of the molecule is NC(=O)Nc1[nH]c2cc(CN3CCSCC3)ccc2c1C(N)=O. The Bertz CT molecular complexity index is 752. The number of nitrogens with zero attached hydrogens (tertiary/aromatic N) is 1. The van der Waals surface area contributed by atoms with Gasteiger partial charge < -0.3 is 16.5 Å². The smallest absolute Gasteiger partial charge is 0.317 e. The third-order valence-electron chi connectivity index (χ3n) is 3.87. The van der Waals surface area contributed by atoms with Crippen LogP contribution in [-0.2, 0) is 6.54 Å². The van der Waals surface area contributed by atoms with Crippen molar-refractivity contribution >= 4 is 40.4 Å². The molecule has 0 radical (unpaired) electrons. The molecule has 1 aromatic carbocycles. The zero-order valence-electron chi connectivity index (χ0n) is 12.6. The molecule has 1 aromatic heterocycles. The molecule has 3 rings (SSSR count). The van der Waals surface area contributed by atoms with Crippen LogP contribution in [0.4, 0.5) is 10.6 Å². The van der Waals surface area contributed by atoms with E-state index in [2.05, 4.69) is 15.2 Å². The maximum atomic E-state index is 11.7. The van der Waals surface area contributed by atoms with Crippen LogP contribution in [0.2, 0.25) is 0 Å². The van der Waals surface area contributed by atoms with Gasteiger partial charge in [-0.1, -0.05) is 12.1 Å². The molecule has 1 aliphatic rings. The fraction of sp³-hybridized carbons (Fsp3) is 0.333. The molecule has 122 valence electrons. The van der Waals surface area contributed by atoms with E-state index in [1.807, 2.05) is 30.0 Å². The van der Waals surface area contributed by atoms with E-state index in [0.29, 0.717) is 5.39 Å². The Balaban J connectivity index is 1.92. The van der Waals surface area contributed by atoms with Gasteiger partial charge >= 0.3 is 6.03 Å². The molecule has 23 heavy (non-hydrogen) atoms. The molecular weight excluding hydrogens is 314 g/mol. The number of carbonyl (C=O) groups excluding carboxylic acids is 2. The summed E-state index contributed by atoms with van der Waals surface area (Å²) < 4.78 is 0. The number of nitrogens with two attached hydrogens (primary N) is 2. The second-order valence-corrected chi connectivity index (χ2v) is 6.72. The number of hydrogen-bond donors (Lipinski definition) is 4. The summed E-state index contributed by atoms with van der Waals surface area (Å²) in [7, 11) is 0. The fourth-order valence-corrected chi connectivity index (χ4v) is 3.81. The number of hydrogen-bond acceptors (Lipinski definition) is 4. The van der Waals surface area contributed by atoms with Crippen LogP contribution in [0.5, 0.6) is 0 Å². The highest BCUT2D eigenvalue weighted by Gasteiger charge is 2.18. The lowest BCUT2D eigenvalue weighted by molar-refractivity contribution is 0.100. The summed E-state index contributed by atoms with van der Waals surface area (Å²) in [5, 5.41) is 3.09. The van der Waals surface area contributed by atoms with Crippen LogP contribution in [0, 0.1) is 0 Å². The van der Waals surface area contributed by atoms with Crippen LogP contribution >= 0.6 is 11.8 Å². The second-order valence-electron chi connectivity index (χ2n) is 5.50. The number of aromatic amines is 1. The zero-order chi connectivity index (χ0) is 16.4. The van der Waals surface area contributed by atoms with Gasteiger partial charge in [0.25, 0.3) is 5.91 Å². The largest absolute Gasteiger partial charge is 0.365 e. The molecule has 7 nitrogen and oxygen atoms in total. The topological polar surface area (TPSA) is 117 Å². The van der Waals surface area contributed by atoms with E-state index in [0.717, 1.165) is 42.2 Å². The monoisotopic (exact) mass is 333 g/mol. The third kappa shape index (κ3) is 3.43. The summed E-state index contributed by atoms with van der Waals surface area (Å²) in [6, 6.07) is 5.07. The lowest BCUT2D eigenvalue weighted by atomic mass is 10.1. The Hall–Kier alpha value is -2.19. The molecule has 0 spiro atoms. The number of urea groups is 1. The van der Waals surface area contributed by atoms with Gasteiger partial charge in [-0.25, -0.2) is 4.79 Å². The van der Waals surface area contributed by atoms with Crippen LogP contribution in [0.3, 0.4) is 0 Å². The normalized spacial score (nSPS) is 15.7. The lowest BCUT2D eigenvalue weighted by Gasteiger charge is -2.26. The summed E-state index contributed by atoms with van der Waals surface area (Å²) in [6.45, 7) is 3.02. The molecule has 8 heteroatoms. The van der Waals surface area contributed by atoms with E-state index in [9.17, 15) is 9.59 Å². The summed E-state index contributed by atoms with van der Waals surface area (Å²) in [5.74, 6) is 1.94. The van der Waals surface area contributed by atoms with Crippen molar-refractivity contribution in [3.63, 3.8) is 0 Å². The number of H-pyrrole nitrogens is 1. The van der Waals surface area contributed by atoms with E-state index in [1.54, 1.807) is 0 Å². The maximum Gasteiger partial charge on any atom is 0.317 e. The highest BCUT2D eigenvalue weighted by Crippen LogP contribution is 2.27. The van der Waals surface area contributed by atoms with E-state index >= 15 is 0 Å². The first-order valence-corrected chi connectivity index (χ1v) is 8.51. The molecule has 1 fully saturated rings. The van der Waals surface area contributed by atoms with Gasteiger partial charge in [0.2, 0.25) is 0 Å². The van der Waals surface area contributed by atoms with E-state index in [4.69, 9.17) is 11.5 Å². The molecule has 0 aliphatic carbocycles. The standard InChI is InChI=1S/C15H19N5O2S/c16-13(21)12-10-2-1-9(8-20-3-5-23-6-4-20)7-11(10)18-14(12)19-15(17)22/h1-2,7,18H,3-6,8H2,(H2,16,21)(H3,17,19,22). The summed E-state index contributed by atoms with van der Waals surface area (Å²) >= 11 is 1.97. The van der Waals surface area contributed by atoms with Crippen molar-refractivity contribution in [2.75, 3.05) is 29.9 Å². The lowest BCUT2D eigenvalue weighted by Crippen LogP contribution is -2.31. The van der Waals surface area contributed by atoms with Gasteiger partial charge in [0, 0.05) is 42.0 Å². The molecular formula is C15H19N5O2S. The molecule has 0 bridgehead atoms. The van der Waals surface area contributed by atoms with Gasteiger partial charge in [-0.05, 0) is 11.6 Å². The van der Waals surface area contributed by atoms with Crippen LogP contribution < -0.4 is 16.8 Å². The Morgan fingerprint density at radius 1 is 1.26 bits per heavy atom. The summed E-state index contributed by atoms with van der Waals surface area (Å²) in [5.41, 5.74) is 12.7. The summed E-state index contributed by atoms with van der Waals surface area (Å²) in [4.78, 5) is 28.2. The first-order chi connectivity index (χ1) is 11.0. The van der Waals surface area contributed by atoms with Crippen LogP contribution in [0.1, 0.15) is 15.9 Å². The number of rotatable bonds is 4. The van der Waals surface area contributed by atoms with Crippen LogP contribution in [0.15, 0.2) is 18.2 Å². The number of thioether (sulfide) groups is 1. The predicted molar refractivity (Wildman–Crippen MR) is 92.6 cm³/mol. The zero-order valence-corrected chi connectivity index (χ0v) is 13.4. The Morgan fingerprint density at radius 3 is 2.65 bits per heavy atom. The van der Waals surface area contributed by atoms with Crippen molar-refractivity contribution in [1.82, 2.24) is 9.88 Å². The van der Waals surface area contributed by atoms with Crippen molar-refractivity contribution in [2.24, 2.45) is 11.5 Å². The molecule has 0 atom stereocenters. The average molecular weight is 333 g/mol. The van der Waals surface area contributed by atoms with Crippen LogP contribution in [0.25, 0.3) is 10.9 Å². The van der Waals surface area contributed by atoms with Crippen molar-refractivity contribution in [3.05, 3.63) is 29.3 Å². The van der Waals surface area contributed by atoms with Crippen molar-refractivity contribution in [1.29, 1.82) is 0 Å². The highest BCUT2D eigenvalue weighted by molar-refractivity contribution is 7.99. The Morgan fingerprint density at radius 2 is 2.00 bits per heavy atom. The molecule has 3 amide bonds. The molecule has 1 aliphatic heterocycles. The van der Waals surface area contributed by atoms with Crippen molar-refractivity contribution in [3.8, 4) is 0 Å². The number of primary amides is 2.